The van der Waals surface area contributed by atoms with Gasteiger partial charge >= 0.3 is 0 Å². The van der Waals surface area contributed by atoms with Crippen LogP contribution >= 0.6 is 23.1 Å². The van der Waals surface area contributed by atoms with E-state index in [0.29, 0.717) is 17.6 Å². The summed E-state index contributed by atoms with van der Waals surface area (Å²) < 4.78 is 7.59. The number of ether oxygens (including phenoxy) is 1. The number of rotatable bonds is 8. The molecule has 1 N–H and O–H groups in total. The minimum Gasteiger partial charge on any atom is -0.376 e. The molecule has 4 rings (SSSR count). The van der Waals surface area contributed by atoms with Gasteiger partial charge in [-0.15, -0.1) is 11.3 Å². The number of nitrogens with zero attached hydrogens (tertiary/aromatic N) is 2. The Morgan fingerprint density at radius 1 is 1.28 bits per heavy atom. The molecule has 2 fully saturated rings. The Labute approximate surface area is 198 Å². The van der Waals surface area contributed by atoms with E-state index >= 15 is 0 Å². The SMILES string of the molecule is CCc1c(C)sc2nc(SC(C)C(=O)NCC3CCCCC3)n(CC3CCCO3)c(=O)c12. The molecule has 1 aliphatic carbocycles. The van der Waals surface area contributed by atoms with Crippen LogP contribution in [-0.4, -0.2) is 40.0 Å². The highest BCUT2D eigenvalue weighted by Gasteiger charge is 2.25. The lowest BCUT2D eigenvalue weighted by molar-refractivity contribution is -0.120. The largest absolute Gasteiger partial charge is 0.376 e. The highest BCUT2D eigenvalue weighted by molar-refractivity contribution is 8.00. The maximum absolute atomic E-state index is 13.6. The second-order valence-corrected chi connectivity index (χ2v) is 11.6. The standard InChI is InChI=1S/C24H35N3O3S2/c1-4-19-15(2)31-22-20(19)23(29)27(14-18-11-8-12-30-18)24(26-22)32-16(3)21(28)25-13-17-9-6-5-7-10-17/h16-18H,4-14H2,1-3H3,(H,25,28). The smallest absolute Gasteiger partial charge is 0.263 e. The number of thiophene rings is 1. The molecule has 0 spiro atoms. The molecule has 1 saturated carbocycles. The Kier molecular flexibility index (Phi) is 7.95. The van der Waals surface area contributed by atoms with Gasteiger partial charge in [-0.3, -0.25) is 14.2 Å². The normalized spacial score (nSPS) is 20.7. The Balaban J connectivity index is 1.56. The first-order chi connectivity index (χ1) is 15.5. The van der Waals surface area contributed by atoms with Gasteiger partial charge in [0.2, 0.25) is 5.91 Å². The van der Waals surface area contributed by atoms with Gasteiger partial charge in [-0.1, -0.05) is 37.9 Å². The molecule has 3 heterocycles. The first kappa shape index (κ1) is 23.8. The molecule has 6 nitrogen and oxygen atoms in total. The Morgan fingerprint density at radius 3 is 2.75 bits per heavy atom. The van der Waals surface area contributed by atoms with Crippen LogP contribution in [0.15, 0.2) is 9.95 Å². The molecule has 2 atom stereocenters. The zero-order chi connectivity index (χ0) is 22.7. The lowest BCUT2D eigenvalue weighted by atomic mass is 9.89. The molecule has 8 heteroatoms. The number of amides is 1. The predicted octanol–water partition coefficient (Wildman–Crippen LogP) is 4.68. The third kappa shape index (κ3) is 5.23. The second-order valence-electron chi connectivity index (χ2n) is 9.12. The summed E-state index contributed by atoms with van der Waals surface area (Å²) in [6.45, 7) is 8.05. The van der Waals surface area contributed by atoms with Crippen molar-refractivity contribution >= 4 is 39.2 Å². The van der Waals surface area contributed by atoms with Crippen molar-refractivity contribution < 1.29 is 9.53 Å². The minimum atomic E-state index is -0.314. The zero-order valence-electron chi connectivity index (χ0n) is 19.4. The third-order valence-electron chi connectivity index (χ3n) is 6.78. The van der Waals surface area contributed by atoms with E-state index < -0.39 is 0 Å². The minimum absolute atomic E-state index is 0.00372. The first-order valence-electron chi connectivity index (χ1n) is 12.1. The van der Waals surface area contributed by atoms with Crippen LogP contribution in [0.2, 0.25) is 0 Å². The molecule has 2 aliphatic rings. The van der Waals surface area contributed by atoms with Crippen molar-refractivity contribution in [1.82, 2.24) is 14.9 Å². The summed E-state index contributed by atoms with van der Waals surface area (Å²) in [4.78, 5) is 33.2. The van der Waals surface area contributed by atoms with Crippen molar-refractivity contribution in [2.75, 3.05) is 13.2 Å². The number of hydrogen-bond acceptors (Lipinski definition) is 6. The number of nitrogens with one attached hydrogen (secondary N) is 1. The van der Waals surface area contributed by atoms with Gasteiger partial charge in [0.1, 0.15) is 4.83 Å². The molecule has 2 aromatic rings. The highest BCUT2D eigenvalue weighted by Crippen LogP contribution is 2.31. The quantitative estimate of drug-likeness (QED) is 0.441. The topological polar surface area (TPSA) is 73.2 Å². The molecule has 32 heavy (non-hydrogen) atoms. The third-order valence-corrected chi connectivity index (χ3v) is 8.91. The molecule has 2 unspecified atom stereocenters. The number of carbonyl (C=O) groups is 1. The van der Waals surface area contributed by atoms with Gasteiger partial charge in [0, 0.05) is 18.0 Å². The van der Waals surface area contributed by atoms with Gasteiger partial charge in [0.15, 0.2) is 5.16 Å². The zero-order valence-corrected chi connectivity index (χ0v) is 21.1. The van der Waals surface area contributed by atoms with Crippen LogP contribution in [0.25, 0.3) is 10.2 Å². The molecule has 2 aromatic heterocycles. The Hall–Kier alpha value is -1.38. The number of aryl methyl sites for hydroxylation is 2. The van der Waals surface area contributed by atoms with E-state index in [2.05, 4.69) is 19.2 Å². The molecule has 176 valence electrons. The molecule has 0 radical (unpaired) electrons. The maximum Gasteiger partial charge on any atom is 0.263 e. The lowest BCUT2D eigenvalue weighted by Gasteiger charge is -2.23. The van der Waals surface area contributed by atoms with Crippen molar-refractivity contribution in [2.24, 2.45) is 5.92 Å². The second kappa shape index (κ2) is 10.7. The van der Waals surface area contributed by atoms with Crippen LogP contribution < -0.4 is 10.9 Å². The number of hydrogen-bond donors (Lipinski definition) is 1. The van der Waals surface area contributed by atoms with E-state index in [0.717, 1.165) is 53.1 Å². The average molecular weight is 478 g/mol. The number of fused-ring (bicyclic) bond motifs is 1. The van der Waals surface area contributed by atoms with Gasteiger partial charge in [0.05, 0.1) is 23.3 Å². The monoisotopic (exact) mass is 477 g/mol. The van der Waals surface area contributed by atoms with Crippen LogP contribution in [0.4, 0.5) is 0 Å². The summed E-state index contributed by atoms with van der Waals surface area (Å²) >= 11 is 2.97. The molecule has 0 aromatic carbocycles. The summed E-state index contributed by atoms with van der Waals surface area (Å²) in [5.41, 5.74) is 1.10. The van der Waals surface area contributed by atoms with E-state index in [-0.39, 0.29) is 22.8 Å². The van der Waals surface area contributed by atoms with Crippen molar-refractivity contribution in [1.29, 1.82) is 0 Å². The van der Waals surface area contributed by atoms with Crippen LogP contribution in [0, 0.1) is 12.8 Å². The van der Waals surface area contributed by atoms with E-state index in [9.17, 15) is 9.59 Å². The molecule has 1 aliphatic heterocycles. The number of aromatic nitrogens is 2. The molecule has 1 amide bonds. The van der Waals surface area contributed by atoms with Crippen LogP contribution in [0.5, 0.6) is 0 Å². The van der Waals surface area contributed by atoms with Crippen molar-refractivity contribution in [3.63, 3.8) is 0 Å². The predicted molar refractivity (Wildman–Crippen MR) is 132 cm³/mol. The summed E-state index contributed by atoms with van der Waals surface area (Å²) in [5, 5.41) is 4.20. The van der Waals surface area contributed by atoms with Crippen LogP contribution in [-0.2, 0) is 22.5 Å². The molecule has 0 bridgehead atoms. The summed E-state index contributed by atoms with van der Waals surface area (Å²) in [7, 11) is 0. The van der Waals surface area contributed by atoms with Crippen LogP contribution in [0.1, 0.15) is 69.2 Å². The van der Waals surface area contributed by atoms with Crippen molar-refractivity contribution in [2.45, 2.75) is 95.2 Å². The van der Waals surface area contributed by atoms with Crippen molar-refractivity contribution in [3.8, 4) is 0 Å². The average Bonchev–Trinajstić information content (AvgIpc) is 3.42. The molecular formula is C24H35N3O3S2. The Bertz CT molecular complexity index is 1000. The fraction of sp³-hybridized carbons (Fsp3) is 0.708. The van der Waals surface area contributed by atoms with E-state index in [4.69, 9.17) is 9.72 Å². The fourth-order valence-corrected chi connectivity index (χ4v) is 6.99. The molecule has 1 saturated heterocycles. The van der Waals surface area contributed by atoms with Crippen LogP contribution in [0.3, 0.4) is 0 Å². The lowest BCUT2D eigenvalue weighted by Crippen LogP contribution is -2.36. The van der Waals surface area contributed by atoms with Gasteiger partial charge in [-0.25, -0.2) is 4.98 Å². The Morgan fingerprint density at radius 2 is 2.06 bits per heavy atom. The first-order valence-corrected chi connectivity index (χ1v) is 13.8. The maximum atomic E-state index is 13.6. The summed E-state index contributed by atoms with van der Waals surface area (Å²) in [6.07, 6.45) is 9.09. The summed E-state index contributed by atoms with van der Waals surface area (Å²) in [5.74, 6) is 0.619. The molecular weight excluding hydrogens is 442 g/mol. The number of thioether (sulfide) groups is 1. The van der Waals surface area contributed by atoms with Gasteiger partial charge in [-0.05, 0) is 57.4 Å². The van der Waals surface area contributed by atoms with Gasteiger partial charge < -0.3 is 10.1 Å². The van der Waals surface area contributed by atoms with E-state index in [1.165, 1.54) is 43.9 Å². The van der Waals surface area contributed by atoms with E-state index in [1.54, 1.807) is 15.9 Å². The van der Waals surface area contributed by atoms with Gasteiger partial charge in [-0.2, -0.15) is 0 Å². The summed E-state index contributed by atoms with van der Waals surface area (Å²) in [6, 6.07) is 0. The van der Waals surface area contributed by atoms with E-state index in [1.807, 2.05) is 6.92 Å². The highest BCUT2D eigenvalue weighted by atomic mass is 32.2. The van der Waals surface area contributed by atoms with Crippen molar-refractivity contribution in [3.05, 3.63) is 20.8 Å². The number of carbonyl (C=O) groups excluding carboxylic acids is 1. The van der Waals surface area contributed by atoms with Gasteiger partial charge in [0.25, 0.3) is 5.56 Å². The fourth-order valence-electron chi connectivity index (χ4n) is 4.89.